The van der Waals surface area contributed by atoms with E-state index in [1.807, 2.05) is 30.3 Å². The minimum atomic E-state index is -0.196. The summed E-state index contributed by atoms with van der Waals surface area (Å²) in [5.74, 6) is -0.237. The van der Waals surface area contributed by atoms with Gasteiger partial charge < -0.3 is 15.5 Å². The van der Waals surface area contributed by atoms with Crippen molar-refractivity contribution in [2.24, 2.45) is 5.92 Å². The van der Waals surface area contributed by atoms with Gasteiger partial charge in [0.05, 0.1) is 17.8 Å². The first-order chi connectivity index (χ1) is 11.7. The smallest absolute Gasteiger partial charge is 0.321 e. The second-order valence-corrected chi connectivity index (χ2v) is 5.81. The van der Waals surface area contributed by atoms with Gasteiger partial charge in [0.2, 0.25) is 5.91 Å². The van der Waals surface area contributed by atoms with E-state index < -0.39 is 0 Å². The highest BCUT2D eigenvalue weighted by Gasteiger charge is 2.28. The molecule has 2 heterocycles. The van der Waals surface area contributed by atoms with Gasteiger partial charge in [0, 0.05) is 25.0 Å². The maximum atomic E-state index is 12.4. The molecule has 24 heavy (non-hydrogen) atoms. The summed E-state index contributed by atoms with van der Waals surface area (Å²) in [5.41, 5.74) is 1.43. The van der Waals surface area contributed by atoms with E-state index in [0.717, 1.165) is 18.5 Å². The predicted octanol–water partition coefficient (Wildman–Crippen LogP) is 2.96. The summed E-state index contributed by atoms with van der Waals surface area (Å²) >= 11 is 0. The number of hydrogen-bond acceptors (Lipinski definition) is 3. The number of piperidine rings is 1. The number of benzene rings is 1. The lowest BCUT2D eigenvalue weighted by Gasteiger charge is -2.32. The van der Waals surface area contributed by atoms with Crippen molar-refractivity contribution >= 4 is 23.3 Å². The van der Waals surface area contributed by atoms with Crippen molar-refractivity contribution in [3.8, 4) is 0 Å². The number of carbonyl (C=O) groups is 2. The van der Waals surface area contributed by atoms with E-state index in [2.05, 4.69) is 15.6 Å². The fraction of sp³-hybridized carbons (Fsp3) is 0.278. The predicted molar refractivity (Wildman–Crippen MR) is 92.6 cm³/mol. The van der Waals surface area contributed by atoms with Gasteiger partial charge in [-0.2, -0.15) is 0 Å². The lowest BCUT2D eigenvalue weighted by Crippen LogP contribution is -2.45. The Labute approximate surface area is 140 Å². The summed E-state index contributed by atoms with van der Waals surface area (Å²) in [4.78, 5) is 30.4. The molecule has 1 aromatic carbocycles. The van der Waals surface area contributed by atoms with Crippen molar-refractivity contribution in [1.82, 2.24) is 9.88 Å². The molecule has 1 saturated heterocycles. The number of urea groups is 1. The molecular weight excluding hydrogens is 304 g/mol. The Morgan fingerprint density at radius 1 is 1.04 bits per heavy atom. The zero-order chi connectivity index (χ0) is 16.8. The van der Waals surface area contributed by atoms with Crippen LogP contribution in [-0.2, 0) is 4.79 Å². The van der Waals surface area contributed by atoms with Crippen LogP contribution in [0.2, 0.25) is 0 Å². The van der Waals surface area contributed by atoms with E-state index in [9.17, 15) is 9.59 Å². The topological polar surface area (TPSA) is 74.3 Å². The number of amides is 3. The number of carbonyl (C=O) groups excluding carboxylic acids is 2. The number of nitrogens with one attached hydrogen (secondary N) is 2. The lowest BCUT2D eigenvalue weighted by molar-refractivity contribution is -0.121. The average Bonchev–Trinajstić information content (AvgIpc) is 2.63. The molecule has 6 heteroatoms. The largest absolute Gasteiger partial charge is 0.326 e. The molecule has 3 amide bonds. The maximum Gasteiger partial charge on any atom is 0.321 e. The molecule has 6 nitrogen and oxygen atoms in total. The van der Waals surface area contributed by atoms with Crippen LogP contribution in [0.1, 0.15) is 12.8 Å². The summed E-state index contributed by atoms with van der Waals surface area (Å²) in [6.45, 7) is 1.08. The summed E-state index contributed by atoms with van der Waals surface area (Å²) in [6.07, 6.45) is 4.85. The van der Waals surface area contributed by atoms with Gasteiger partial charge in [-0.15, -0.1) is 0 Å². The van der Waals surface area contributed by atoms with Crippen molar-refractivity contribution in [3.05, 3.63) is 54.9 Å². The van der Waals surface area contributed by atoms with E-state index in [-0.39, 0.29) is 17.9 Å². The molecule has 1 atom stereocenters. The van der Waals surface area contributed by atoms with Crippen LogP contribution < -0.4 is 10.6 Å². The lowest BCUT2D eigenvalue weighted by atomic mass is 9.97. The molecule has 0 saturated carbocycles. The van der Waals surface area contributed by atoms with E-state index in [1.54, 1.807) is 29.4 Å². The molecule has 0 aliphatic carbocycles. The van der Waals surface area contributed by atoms with Crippen LogP contribution in [0.3, 0.4) is 0 Å². The van der Waals surface area contributed by atoms with Gasteiger partial charge in [-0.05, 0) is 37.1 Å². The monoisotopic (exact) mass is 324 g/mol. The first-order valence-electron chi connectivity index (χ1n) is 8.04. The average molecular weight is 324 g/mol. The molecule has 1 aliphatic rings. The summed E-state index contributed by atoms with van der Waals surface area (Å²) in [5, 5.41) is 5.73. The molecule has 124 valence electrons. The molecule has 0 spiro atoms. The summed E-state index contributed by atoms with van der Waals surface area (Å²) in [7, 11) is 0. The fourth-order valence-electron chi connectivity index (χ4n) is 2.78. The molecule has 1 unspecified atom stereocenters. The summed E-state index contributed by atoms with van der Waals surface area (Å²) in [6, 6.07) is 12.7. The van der Waals surface area contributed by atoms with E-state index in [1.165, 1.54) is 0 Å². The Morgan fingerprint density at radius 3 is 2.58 bits per heavy atom. The summed E-state index contributed by atoms with van der Waals surface area (Å²) < 4.78 is 0. The van der Waals surface area contributed by atoms with Crippen LogP contribution in [0, 0.1) is 5.92 Å². The minimum Gasteiger partial charge on any atom is -0.326 e. The van der Waals surface area contributed by atoms with E-state index in [4.69, 9.17) is 0 Å². The van der Waals surface area contributed by atoms with Crippen LogP contribution in [0.25, 0.3) is 0 Å². The minimum absolute atomic E-state index is 0.0416. The first kappa shape index (κ1) is 16.0. The van der Waals surface area contributed by atoms with Gasteiger partial charge in [0.15, 0.2) is 0 Å². The molecule has 1 aliphatic heterocycles. The van der Waals surface area contributed by atoms with Gasteiger partial charge >= 0.3 is 6.03 Å². The highest BCUT2D eigenvalue weighted by Crippen LogP contribution is 2.19. The molecule has 2 aromatic rings. The third-order valence-corrected chi connectivity index (χ3v) is 4.03. The number of para-hydroxylation sites is 1. The van der Waals surface area contributed by atoms with Gasteiger partial charge in [-0.25, -0.2) is 4.79 Å². The zero-order valence-corrected chi connectivity index (χ0v) is 13.3. The number of hydrogen-bond donors (Lipinski definition) is 2. The van der Waals surface area contributed by atoms with E-state index in [0.29, 0.717) is 18.8 Å². The van der Waals surface area contributed by atoms with Crippen molar-refractivity contribution in [2.75, 3.05) is 23.7 Å². The van der Waals surface area contributed by atoms with Crippen LogP contribution in [0.4, 0.5) is 16.2 Å². The number of nitrogens with zero attached hydrogens (tertiary/aromatic N) is 2. The molecule has 0 bridgehead atoms. The zero-order valence-electron chi connectivity index (χ0n) is 13.3. The van der Waals surface area contributed by atoms with Gasteiger partial charge in [0.1, 0.15) is 0 Å². The molecular formula is C18H20N4O2. The van der Waals surface area contributed by atoms with Gasteiger partial charge in [-0.1, -0.05) is 18.2 Å². The fourth-order valence-corrected chi connectivity index (χ4v) is 2.78. The number of likely N-dealkylation sites (tertiary alicyclic amines) is 1. The molecule has 2 N–H and O–H groups in total. The highest BCUT2D eigenvalue weighted by molar-refractivity contribution is 5.94. The second-order valence-electron chi connectivity index (χ2n) is 5.81. The Hall–Kier alpha value is -2.89. The normalized spacial score (nSPS) is 17.2. The van der Waals surface area contributed by atoms with Crippen LogP contribution >= 0.6 is 0 Å². The maximum absolute atomic E-state index is 12.4. The third kappa shape index (κ3) is 4.10. The molecule has 1 aromatic heterocycles. The number of rotatable bonds is 3. The quantitative estimate of drug-likeness (QED) is 0.911. The highest BCUT2D eigenvalue weighted by atomic mass is 16.2. The Kier molecular flexibility index (Phi) is 5.05. The SMILES string of the molecule is O=C(Nc1ccccc1)C1CCCN(C(=O)Nc2cccnc2)C1. The van der Waals surface area contributed by atoms with Gasteiger partial charge in [0.25, 0.3) is 0 Å². The van der Waals surface area contributed by atoms with Crippen molar-refractivity contribution in [2.45, 2.75) is 12.8 Å². The number of anilines is 2. The number of pyridine rings is 1. The van der Waals surface area contributed by atoms with Crippen LogP contribution in [-0.4, -0.2) is 34.9 Å². The Morgan fingerprint density at radius 2 is 1.83 bits per heavy atom. The van der Waals surface area contributed by atoms with Crippen LogP contribution in [0.5, 0.6) is 0 Å². The second kappa shape index (κ2) is 7.59. The molecule has 3 rings (SSSR count). The standard InChI is InChI=1S/C18H20N4O2/c23-17(20-15-7-2-1-3-8-15)14-6-5-11-22(13-14)18(24)21-16-9-4-10-19-12-16/h1-4,7-10,12,14H,5-6,11,13H2,(H,20,23)(H,21,24). The van der Waals surface area contributed by atoms with Crippen molar-refractivity contribution in [1.29, 1.82) is 0 Å². The Bertz CT molecular complexity index is 631. The van der Waals surface area contributed by atoms with E-state index >= 15 is 0 Å². The molecule has 1 fully saturated rings. The van der Waals surface area contributed by atoms with Gasteiger partial charge in [-0.3, -0.25) is 9.78 Å². The Balaban J connectivity index is 1.57. The van der Waals surface area contributed by atoms with Crippen molar-refractivity contribution < 1.29 is 9.59 Å². The van der Waals surface area contributed by atoms with Crippen LogP contribution in [0.15, 0.2) is 54.9 Å². The molecule has 0 radical (unpaired) electrons. The third-order valence-electron chi connectivity index (χ3n) is 4.03. The number of aromatic nitrogens is 1. The van der Waals surface area contributed by atoms with Crippen molar-refractivity contribution in [3.63, 3.8) is 0 Å². The first-order valence-corrected chi connectivity index (χ1v) is 8.04.